The van der Waals surface area contributed by atoms with Crippen LogP contribution in [0.5, 0.6) is 0 Å². The quantitative estimate of drug-likeness (QED) is 0.856. The highest BCUT2D eigenvalue weighted by Gasteiger charge is 2.28. The molecule has 0 saturated carbocycles. The Bertz CT molecular complexity index is 428. The van der Waals surface area contributed by atoms with E-state index in [2.05, 4.69) is 17.6 Å². The molecule has 1 aromatic carbocycles. The van der Waals surface area contributed by atoms with Crippen LogP contribution in [0.2, 0.25) is 0 Å². The standard InChI is InChI=1S/C14H19FN2O/c1-14(5-7-16-8-6-14)17-13(18)10-11-3-2-4-12(15)9-11/h2-4,9,16H,5-8,10H2,1H3,(H,17,18). The van der Waals surface area contributed by atoms with E-state index < -0.39 is 0 Å². The first-order valence-electron chi connectivity index (χ1n) is 6.34. The van der Waals surface area contributed by atoms with Crippen LogP contribution in [0.4, 0.5) is 4.39 Å². The fourth-order valence-electron chi connectivity index (χ4n) is 2.32. The summed E-state index contributed by atoms with van der Waals surface area (Å²) in [6.45, 7) is 3.92. The van der Waals surface area contributed by atoms with Gasteiger partial charge in [-0.15, -0.1) is 0 Å². The maximum atomic E-state index is 13.0. The maximum Gasteiger partial charge on any atom is 0.224 e. The van der Waals surface area contributed by atoms with Crippen molar-refractivity contribution in [3.8, 4) is 0 Å². The lowest BCUT2D eigenvalue weighted by atomic mass is 9.90. The molecule has 3 nitrogen and oxygen atoms in total. The highest BCUT2D eigenvalue weighted by atomic mass is 19.1. The summed E-state index contributed by atoms with van der Waals surface area (Å²) in [5, 5.41) is 6.33. The lowest BCUT2D eigenvalue weighted by Crippen LogP contribution is -2.52. The Morgan fingerprint density at radius 1 is 1.44 bits per heavy atom. The van der Waals surface area contributed by atoms with Crippen molar-refractivity contribution in [3.63, 3.8) is 0 Å². The molecule has 0 unspecified atom stereocenters. The van der Waals surface area contributed by atoms with Gasteiger partial charge in [-0.25, -0.2) is 4.39 Å². The molecular formula is C14H19FN2O. The number of hydrogen-bond acceptors (Lipinski definition) is 2. The molecule has 1 aromatic rings. The lowest BCUT2D eigenvalue weighted by Gasteiger charge is -2.35. The number of amides is 1. The van der Waals surface area contributed by atoms with Crippen molar-refractivity contribution in [1.29, 1.82) is 0 Å². The summed E-state index contributed by atoms with van der Waals surface area (Å²) < 4.78 is 13.0. The van der Waals surface area contributed by atoms with Gasteiger partial charge in [0, 0.05) is 5.54 Å². The molecule has 0 spiro atoms. The Morgan fingerprint density at radius 2 is 2.17 bits per heavy atom. The average Bonchev–Trinajstić information content (AvgIpc) is 2.28. The average molecular weight is 250 g/mol. The van der Waals surface area contributed by atoms with E-state index in [0.29, 0.717) is 5.56 Å². The van der Waals surface area contributed by atoms with Gasteiger partial charge in [-0.2, -0.15) is 0 Å². The van der Waals surface area contributed by atoms with Crippen LogP contribution in [-0.4, -0.2) is 24.5 Å². The van der Waals surface area contributed by atoms with Gasteiger partial charge < -0.3 is 10.6 Å². The van der Waals surface area contributed by atoms with Crippen LogP contribution in [0.3, 0.4) is 0 Å². The number of rotatable bonds is 3. The molecule has 1 fully saturated rings. The summed E-state index contributed by atoms with van der Waals surface area (Å²) in [6, 6.07) is 6.19. The first kappa shape index (κ1) is 13.0. The third-order valence-corrected chi connectivity index (χ3v) is 3.40. The zero-order chi connectivity index (χ0) is 13.0. The minimum absolute atomic E-state index is 0.0370. The summed E-state index contributed by atoms with van der Waals surface area (Å²) in [5.74, 6) is -0.335. The van der Waals surface area contributed by atoms with E-state index in [4.69, 9.17) is 0 Å². The largest absolute Gasteiger partial charge is 0.351 e. The predicted octanol–water partition coefficient (Wildman–Crippen LogP) is 1.63. The molecule has 1 saturated heterocycles. The summed E-state index contributed by atoms with van der Waals surface area (Å²) in [5.41, 5.74) is 0.584. The van der Waals surface area contributed by atoms with E-state index in [0.717, 1.165) is 25.9 Å². The fraction of sp³-hybridized carbons (Fsp3) is 0.500. The molecule has 0 aromatic heterocycles. The molecule has 1 amide bonds. The molecule has 2 rings (SSSR count). The SMILES string of the molecule is CC1(NC(=O)Cc2cccc(F)c2)CCNCC1. The molecular weight excluding hydrogens is 231 g/mol. The van der Waals surface area contributed by atoms with E-state index in [1.807, 2.05) is 0 Å². The van der Waals surface area contributed by atoms with Crippen LogP contribution in [0.15, 0.2) is 24.3 Å². The van der Waals surface area contributed by atoms with Crippen LogP contribution < -0.4 is 10.6 Å². The summed E-state index contributed by atoms with van der Waals surface area (Å²) in [7, 11) is 0. The van der Waals surface area contributed by atoms with Crippen LogP contribution in [0.1, 0.15) is 25.3 Å². The smallest absolute Gasteiger partial charge is 0.224 e. The zero-order valence-electron chi connectivity index (χ0n) is 10.6. The Kier molecular flexibility index (Phi) is 3.97. The molecule has 0 radical (unpaired) electrons. The van der Waals surface area contributed by atoms with E-state index in [9.17, 15) is 9.18 Å². The first-order chi connectivity index (χ1) is 8.57. The van der Waals surface area contributed by atoms with Gasteiger partial charge in [0.2, 0.25) is 5.91 Å². The second-order valence-electron chi connectivity index (χ2n) is 5.17. The van der Waals surface area contributed by atoms with Crippen LogP contribution in [0.25, 0.3) is 0 Å². The van der Waals surface area contributed by atoms with Crippen LogP contribution >= 0.6 is 0 Å². The van der Waals surface area contributed by atoms with Crippen molar-refractivity contribution < 1.29 is 9.18 Å². The fourth-order valence-corrected chi connectivity index (χ4v) is 2.32. The maximum absolute atomic E-state index is 13.0. The van der Waals surface area contributed by atoms with Gasteiger partial charge in [-0.1, -0.05) is 12.1 Å². The summed E-state index contributed by atoms with van der Waals surface area (Å²) in [4.78, 5) is 11.9. The number of halogens is 1. The number of hydrogen-bond donors (Lipinski definition) is 2. The molecule has 0 aliphatic carbocycles. The highest BCUT2D eigenvalue weighted by molar-refractivity contribution is 5.79. The molecule has 1 aliphatic heterocycles. The van der Waals surface area contributed by atoms with E-state index >= 15 is 0 Å². The number of piperidine rings is 1. The molecule has 4 heteroatoms. The minimum atomic E-state index is -0.298. The Balaban J connectivity index is 1.92. The second kappa shape index (κ2) is 5.48. The molecule has 2 N–H and O–H groups in total. The monoisotopic (exact) mass is 250 g/mol. The molecule has 1 heterocycles. The van der Waals surface area contributed by atoms with Gasteiger partial charge >= 0.3 is 0 Å². The van der Waals surface area contributed by atoms with Crippen LogP contribution in [0, 0.1) is 5.82 Å². The van der Waals surface area contributed by atoms with Gasteiger partial charge in [0.05, 0.1) is 6.42 Å². The zero-order valence-corrected chi connectivity index (χ0v) is 10.6. The van der Waals surface area contributed by atoms with Gasteiger partial charge in [-0.05, 0) is 50.6 Å². The topological polar surface area (TPSA) is 41.1 Å². The lowest BCUT2D eigenvalue weighted by molar-refractivity contribution is -0.122. The van der Waals surface area contributed by atoms with E-state index in [1.165, 1.54) is 12.1 Å². The van der Waals surface area contributed by atoms with Gasteiger partial charge in [-0.3, -0.25) is 4.79 Å². The molecule has 1 aliphatic rings. The third kappa shape index (κ3) is 3.53. The highest BCUT2D eigenvalue weighted by Crippen LogP contribution is 2.17. The molecule has 0 bridgehead atoms. The molecule has 18 heavy (non-hydrogen) atoms. The van der Waals surface area contributed by atoms with Crippen molar-refractivity contribution in [2.45, 2.75) is 31.7 Å². The molecule has 0 atom stereocenters. The second-order valence-corrected chi connectivity index (χ2v) is 5.17. The van der Waals surface area contributed by atoms with Gasteiger partial charge in [0.15, 0.2) is 0 Å². The van der Waals surface area contributed by atoms with Crippen LogP contribution in [-0.2, 0) is 11.2 Å². The summed E-state index contributed by atoms with van der Waals surface area (Å²) >= 11 is 0. The van der Waals surface area contributed by atoms with Crippen molar-refractivity contribution in [1.82, 2.24) is 10.6 Å². The Morgan fingerprint density at radius 3 is 2.83 bits per heavy atom. The van der Waals surface area contributed by atoms with E-state index in [1.54, 1.807) is 12.1 Å². The van der Waals surface area contributed by atoms with Crippen molar-refractivity contribution >= 4 is 5.91 Å². The number of benzene rings is 1. The summed E-state index contributed by atoms with van der Waals surface area (Å²) in [6.07, 6.45) is 2.10. The van der Waals surface area contributed by atoms with Gasteiger partial charge in [0.25, 0.3) is 0 Å². The van der Waals surface area contributed by atoms with Gasteiger partial charge in [0.1, 0.15) is 5.82 Å². The predicted molar refractivity (Wildman–Crippen MR) is 68.8 cm³/mol. The minimum Gasteiger partial charge on any atom is -0.351 e. The number of nitrogens with one attached hydrogen (secondary N) is 2. The Hall–Kier alpha value is -1.42. The normalized spacial score (nSPS) is 18.3. The first-order valence-corrected chi connectivity index (χ1v) is 6.34. The number of carbonyl (C=O) groups is 1. The third-order valence-electron chi connectivity index (χ3n) is 3.40. The van der Waals surface area contributed by atoms with Crippen molar-refractivity contribution in [2.75, 3.05) is 13.1 Å². The number of carbonyl (C=O) groups excluding carboxylic acids is 1. The Labute approximate surface area is 107 Å². The van der Waals surface area contributed by atoms with E-state index in [-0.39, 0.29) is 23.7 Å². The van der Waals surface area contributed by atoms with Crippen molar-refractivity contribution in [3.05, 3.63) is 35.6 Å². The molecule has 98 valence electrons. The van der Waals surface area contributed by atoms with Crippen molar-refractivity contribution in [2.24, 2.45) is 0 Å².